The van der Waals surface area contributed by atoms with Gasteiger partial charge in [0, 0.05) is 6.04 Å². The van der Waals surface area contributed by atoms with Crippen molar-refractivity contribution in [1.29, 1.82) is 0 Å². The van der Waals surface area contributed by atoms with Gasteiger partial charge in [0.1, 0.15) is 0 Å². The predicted octanol–water partition coefficient (Wildman–Crippen LogP) is 2.02. The molecule has 0 aliphatic rings. The lowest BCUT2D eigenvalue weighted by molar-refractivity contribution is 0.507. The van der Waals surface area contributed by atoms with E-state index in [0.717, 1.165) is 13.0 Å². The lowest BCUT2D eigenvalue weighted by Crippen LogP contribution is -2.19. The fourth-order valence-electron chi connectivity index (χ4n) is 1.34. The molecular formula is C10H24N2. The molecule has 0 amide bonds. The lowest BCUT2D eigenvalue weighted by Gasteiger charge is -2.09. The van der Waals surface area contributed by atoms with Crippen LogP contribution in [0, 0.1) is 0 Å². The summed E-state index contributed by atoms with van der Waals surface area (Å²) in [5.74, 6) is 0. The van der Waals surface area contributed by atoms with Gasteiger partial charge in [-0.3, -0.25) is 0 Å². The summed E-state index contributed by atoms with van der Waals surface area (Å²) in [4.78, 5) is 0. The zero-order chi connectivity index (χ0) is 9.23. The summed E-state index contributed by atoms with van der Waals surface area (Å²) < 4.78 is 0. The Balaban J connectivity index is 3.02. The number of hydrogen-bond donors (Lipinski definition) is 2. The summed E-state index contributed by atoms with van der Waals surface area (Å²) in [5, 5.41) is 0. The second kappa shape index (κ2) is 9.01. The van der Waals surface area contributed by atoms with E-state index in [4.69, 9.17) is 11.5 Å². The highest BCUT2D eigenvalue weighted by Gasteiger charge is 2.00. The molecule has 1 unspecified atom stereocenters. The second-order valence-electron chi connectivity index (χ2n) is 3.54. The first kappa shape index (κ1) is 11.9. The lowest BCUT2D eigenvalue weighted by atomic mass is 10.0. The Kier molecular flexibility index (Phi) is 8.95. The van der Waals surface area contributed by atoms with Gasteiger partial charge in [-0.25, -0.2) is 0 Å². The zero-order valence-corrected chi connectivity index (χ0v) is 8.39. The molecule has 0 saturated heterocycles. The third-order valence-corrected chi connectivity index (χ3v) is 2.21. The molecule has 0 aromatic carbocycles. The van der Waals surface area contributed by atoms with E-state index >= 15 is 0 Å². The summed E-state index contributed by atoms with van der Waals surface area (Å²) in [6.45, 7) is 3.03. The van der Waals surface area contributed by atoms with Crippen LogP contribution in [0.1, 0.15) is 51.9 Å². The second-order valence-corrected chi connectivity index (χ2v) is 3.54. The van der Waals surface area contributed by atoms with E-state index in [1.165, 1.54) is 38.5 Å². The SMILES string of the molecule is CCCCC(N)CCCCCN. The standard InChI is InChI=1S/C10H24N2/c1-2-3-7-10(12)8-5-4-6-9-11/h10H,2-9,11-12H2,1H3. The van der Waals surface area contributed by atoms with Crippen LogP contribution in [0.2, 0.25) is 0 Å². The average molecular weight is 172 g/mol. The largest absolute Gasteiger partial charge is 0.330 e. The molecule has 2 nitrogen and oxygen atoms in total. The summed E-state index contributed by atoms with van der Waals surface area (Å²) in [6.07, 6.45) is 8.56. The van der Waals surface area contributed by atoms with Crippen molar-refractivity contribution < 1.29 is 0 Å². The van der Waals surface area contributed by atoms with Gasteiger partial charge >= 0.3 is 0 Å². The highest BCUT2D eigenvalue weighted by atomic mass is 14.6. The Morgan fingerprint density at radius 1 is 1.00 bits per heavy atom. The molecule has 4 N–H and O–H groups in total. The van der Waals surface area contributed by atoms with Gasteiger partial charge in [-0.2, -0.15) is 0 Å². The van der Waals surface area contributed by atoms with E-state index in [1.807, 2.05) is 0 Å². The van der Waals surface area contributed by atoms with Gasteiger partial charge in [0.15, 0.2) is 0 Å². The molecule has 0 bridgehead atoms. The Labute approximate surface area is 76.7 Å². The van der Waals surface area contributed by atoms with Gasteiger partial charge in [0.2, 0.25) is 0 Å². The third kappa shape index (κ3) is 8.02. The molecule has 0 radical (unpaired) electrons. The fraction of sp³-hybridized carbons (Fsp3) is 1.00. The number of nitrogens with two attached hydrogens (primary N) is 2. The third-order valence-electron chi connectivity index (χ3n) is 2.21. The van der Waals surface area contributed by atoms with Gasteiger partial charge in [0.25, 0.3) is 0 Å². The predicted molar refractivity (Wildman–Crippen MR) is 55.0 cm³/mol. The first-order valence-electron chi connectivity index (χ1n) is 5.27. The van der Waals surface area contributed by atoms with Crippen molar-refractivity contribution >= 4 is 0 Å². The van der Waals surface area contributed by atoms with Crippen LogP contribution in [0.5, 0.6) is 0 Å². The van der Waals surface area contributed by atoms with Crippen molar-refractivity contribution in [3.8, 4) is 0 Å². The van der Waals surface area contributed by atoms with Crippen LogP contribution >= 0.6 is 0 Å². The molecule has 2 heteroatoms. The Hall–Kier alpha value is -0.0800. The molecule has 0 aliphatic carbocycles. The molecular weight excluding hydrogens is 148 g/mol. The van der Waals surface area contributed by atoms with Crippen molar-refractivity contribution in [2.24, 2.45) is 11.5 Å². The van der Waals surface area contributed by atoms with Crippen LogP contribution in [0.25, 0.3) is 0 Å². The van der Waals surface area contributed by atoms with Crippen molar-refractivity contribution in [2.75, 3.05) is 6.54 Å². The monoisotopic (exact) mass is 172 g/mol. The van der Waals surface area contributed by atoms with Gasteiger partial charge in [-0.15, -0.1) is 0 Å². The molecule has 0 aromatic heterocycles. The summed E-state index contributed by atoms with van der Waals surface area (Å²) in [5.41, 5.74) is 11.3. The zero-order valence-electron chi connectivity index (χ0n) is 8.39. The molecule has 0 fully saturated rings. The van der Waals surface area contributed by atoms with Crippen LogP contribution < -0.4 is 11.5 Å². The molecule has 0 aliphatic heterocycles. The van der Waals surface area contributed by atoms with E-state index < -0.39 is 0 Å². The summed E-state index contributed by atoms with van der Waals surface area (Å²) in [6, 6.07) is 0.433. The minimum Gasteiger partial charge on any atom is -0.330 e. The minimum atomic E-state index is 0.433. The number of rotatable bonds is 8. The highest BCUT2D eigenvalue weighted by molar-refractivity contribution is 4.60. The highest BCUT2D eigenvalue weighted by Crippen LogP contribution is 2.07. The normalized spacial score (nSPS) is 13.2. The van der Waals surface area contributed by atoms with Gasteiger partial charge in [-0.05, 0) is 25.8 Å². The van der Waals surface area contributed by atoms with Gasteiger partial charge in [0.05, 0.1) is 0 Å². The molecule has 12 heavy (non-hydrogen) atoms. The minimum absolute atomic E-state index is 0.433. The van der Waals surface area contributed by atoms with Crippen molar-refractivity contribution in [1.82, 2.24) is 0 Å². The molecule has 0 aromatic rings. The molecule has 0 saturated carbocycles. The number of hydrogen-bond acceptors (Lipinski definition) is 2. The van der Waals surface area contributed by atoms with E-state index in [1.54, 1.807) is 0 Å². The summed E-state index contributed by atoms with van der Waals surface area (Å²) >= 11 is 0. The van der Waals surface area contributed by atoms with Crippen LogP contribution in [-0.4, -0.2) is 12.6 Å². The molecule has 0 spiro atoms. The Morgan fingerprint density at radius 3 is 2.25 bits per heavy atom. The van der Waals surface area contributed by atoms with E-state index in [2.05, 4.69) is 6.92 Å². The summed E-state index contributed by atoms with van der Waals surface area (Å²) in [7, 11) is 0. The maximum atomic E-state index is 5.91. The van der Waals surface area contributed by atoms with E-state index in [0.29, 0.717) is 6.04 Å². The van der Waals surface area contributed by atoms with Crippen LogP contribution in [-0.2, 0) is 0 Å². The quantitative estimate of drug-likeness (QED) is 0.550. The topological polar surface area (TPSA) is 52.0 Å². The molecule has 0 heterocycles. The van der Waals surface area contributed by atoms with Gasteiger partial charge in [-0.1, -0.05) is 32.6 Å². The molecule has 0 rings (SSSR count). The smallest absolute Gasteiger partial charge is 0.00388 e. The molecule has 74 valence electrons. The first-order valence-corrected chi connectivity index (χ1v) is 5.27. The maximum Gasteiger partial charge on any atom is 0.00388 e. The average Bonchev–Trinajstić information content (AvgIpc) is 2.09. The number of unbranched alkanes of at least 4 members (excludes halogenated alkanes) is 3. The van der Waals surface area contributed by atoms with E-state index in [9.17, 15) is 0 Å². The van der Waals surface area contributed by atoms with Gasteiger partial charge < -0.3 is 11.5 Å². The van der Waals surface area contributed by atoms with E-state index in [-0.39, 0.29) is 0 Å². The Morgan fingerprint density at radius 2 is 1.67 bits per heavy atom. The van der Waals surface area contributed by atoms with Crippen molar-refractivity contribution in [3.63, 3.8) is 0 Å². The van der Waals surface area contributed by atoms with Crippen LogP contribution in [0.4, 0.5) is 0 Å². The first-order chi connectivity index (χ1) is 5.81. The fourth-order valence-corrected chi connectivity index (χ4v) is 1.34. The molecule has 1 atom stereocenters. The van der Waals surface area contributed by atoms with Crippen molar-refractivity contribution in [2.45, 2.75) is 57.9 Å². The maximum absolute atomic E-state index is 5.91. The van der Waals surface area contributed by atoms with Crippen LogP contribution in [0.15, 0.2) is 0 Å². The van der Waals surface area contributed by atoms with Crippen LogP contribution in [0.3, 0.4) is 0 Å². The van der Waals surface area contributed by atoms with Crippen molar-refractivity contribution in [3.05, 3.63) is 0 Å². The Bertz CT molecular complexity index is 83.9.